The van der Waals surface area contributed by atoms with Gasteiger partial charge in [-0.15, -0.1) is 5.48 Å². The molecule has 2 heterocycles. The third kappa shape index (κ3) is 2.45. The Morgan fingerprint density at radius 2 is 2.10 bits per heavy atom. The third-order valence-corrected chi connectivity index (χ3v) is 3.43. The molecule has 0 saturated heterocycles. The maximum atomic E-state index is 10.0. The van der Waals surface area contributed by atoms with Crippen LogP contribution in [0.5, 0.6) is 5.75 Å². The van der Waals surface area contributed by atoms with Gasteiger partial charge >= 0.3 is 0 Å². The molecule has 0 radical (unpaired) electrons. The Balaban J connectivity index is 1.96. The van der Waals surface area contributed by atoms with Crippen molar-refractivity contribution in [2.45, 2.75) is 6.04 Å². The Morgan fingerprint density at radius 1 is 1.25 bits per heavy atom. The highest BCUT2D eigenvalue weighted by Crippen LogP contribution is 2.38. The van der Waals surface area contributed by atoms with Gasteiger partial charge in [-0.25, -0.2) is 0 Å². The topological polar surface area (TPSA) is 54.4 Å². The second kappa shape index (κ2) is 5.32. The average Bonchev–Trinajstić information content (AvgIpc) is 2.93. The first kappa shape index (κ1) is 13.2. The molecular formula is C14H10Cl2N2O2. The number of hydrogen-bond acceptors (Lipinski definition) is 4. The van der Waals surface area contributed by atoms with Crippen molar-refractivity contribution >= 4 is 29.0 Å². The molecule has 6 heteroatoms. The predicted molar refractivity (Wildman–Crippen MR) is 77.3 cm³/mol. The van der Waals surface area contributed by atoms with E-state index in [-0.39, 0.29) is 16.8 Å². The summed E-state index contributed by atoms with van der Waals surface area (Å²) >= 11 is 11.9. The van der Waals surface area contributed by atoms with Gasteiger partial charge in [0.1, 0.15) is 11.4 Å². The van der Waals surface area contributed by atoms with Crippen LogP contribution in [0.3, 0.4) is 0 Å². The lowest BCUT2D eigenvalue weighted by Crippen LogP contribution is -2.12. The lowest BCUT2D eigenvalue weighted by atomic mass is 10.1. The number of phenolic OH excluding ortho intramolecular Hbond substituents is 1. The number of pyridine rings is 1. The van der Waals surface area contributed by atoms with Crippen LogP contribution in [-0.2, 0) is 4.84 Å². The van der Waals surface area contributed by atoms with E-state index in [0.717, 1.165) is 0 Å². The predicted octanol–water partition coefficient (Wildman–Crippen LogP) is 3.71. The largest absolute Gasteiger partial charge is 0.506 e. The number of aromatic nitrogens is 1. The molecule has 0 saturated carbocycles. The van der Waals surface area contributed by atoms with Crippen molar-refractivity contribution in [1.82, 2.24) is 10.5 Å². The normalized spacial score (nSPS) is 17.7. The summed E-state index contributed by atoms with van der Waals surface area (Å²) in [5.41, 5.74) is 4.06. The molecule has 0 spiro atoms. The van der Waals surface area contributed by atoms with Crippen molar-refractivity contribution < 1.29 is 9.94 Å². The molecule has 0 fully saturated rings. The Labute approximate surface area is 125 Å². The van der Waals surface area contributed by atoms with Gasteiger partial charge in [-0.3, -0.25) is 4.98 Å². The van der Waals surface area contributed by atoms with Gasteiger partial charge in [0.15, 0.2) is 5.76 Å². The number of benzene rings is 1. The number of hydrogen-bond donors (Lipinski definition) is 2. The minimum atomic E-state index is -0.344. The van der Waals surface area contributed by atoms with Gasteiger partial charge in [0, 0.05) is 16.8 Å². The molecule has 3 rings (SSSR count). The molecule has 102 valence electrons. The van der Waals surface area contributed by atoms with Crippen molar-refractivity contribution in [1.29, 1.82) is 0 Å². The van der Waals surface area contributed by atoms with E-state index in [1.807, 2.05) is 24.3 Å². The maximum Gasteiger partial charge on any atom is 0.170 e. The first-order valence-corrected chi connectivity index (χ1v) is 6.64. The standard InChI is InChI=1S/C14H10Cl2N2O2/c15-8-5-9(14(19)10(16)6-8)12-7-13(20-18-12)11-3-1-2-4-17-11/h1-7,12,18-19H. The number of nitrogens with zero attached hydrogens (tertiary/aromatic N) is 1. The summed E-state index contributed by atoms with van der Waals surface area (Å²) in [5.74, 6) is 0.571. The fourth-order valence-electron chi connectivity index (χ4n) is 1.97. The van der Waals surface area contributed by atoms with Crippen molar-refractivity contribution in [3.63, 3.8) is 0 Å². The third-order valence-electron chi connectivity index (χ3n) is 2.92. The van der Waals surface area contributed by atoms with E-state index >= 15 is 0 Å². The van der Waals surface area contributed by atoms with Crippen molar-refractivity contribution in [3.05, 3.63) is 63.9 Å². The van der Waals surface area contributed by atoms with Gasteiger partial charge in [-0.1, -0.05) is 29.3 Å². The molecule has 0 amide bonds. The number of hydroxylamine groups is 1. The molecule has 2 N–H and O–H groups in total. The highest BCUT2D eigenvalue weighted by molar-refractivity contribution is 6.35. The Kier molecular flexibility index (Phi) is 3.53. The zero-order valence-electron chi connectivity index (χ0n) is 10.2. The van der Waals surface area contributed by atoms with Crippen LogP contribution in [0.15, 0.2) is 42.6 Å². The van der Waals surface area contributed by atoms with Gasteiger partial charge in [-0.2, -0.15) is 0 Å². The van der Waals surface area contributed by atoms with Gasteiger partial charge in [0.05, 0.1) is 11.1 Å². The molecule has 2 aromatic rings. The van der Waals surface area contributed by atoms with Crippen LogP contribution < -0.4 is 5.48 Å². The first-order valence-electron chi connectivity index (χ1n) is 5.88. The van der Waals surface area contributed by atoms with E-state index in [9.17, 15) is 5.11 Å². The summed E-state index contributed by atoms with van der Waals surface area (Å²) in [4.78, 5) is 9.59. The zero-order chi connectivity index (χ0) is 14.1. The summed E-state index contributed by atoms with van der Waals surface area (Å²) in [6.07, 6.45) is 3.49. The van der Waals surface area contributed by atoms with Gasteiger partial charge in [0.25, 0.3) is 0 Å². The van der Waals surface area contributed by atoms with Crippen LogP contribution in [0.2, 0.25) is 10.0 Å². The molecule has 1 aromatic heterocycles. The SMILES string of the molecule is Oc1c(Cl)cc(Cl)cc1C1C=C(c2ccccn2)ON1. The number of nitrogens with one attached hydrogen (secondary N) is 1. The van der Waals surface area contributed by atoms with E-state index in [0.29, 0.717) is 22.0 Å². The number of halogens is 2. The molecule has 1 aliphatic heterocycles. The summed E-state index contributed by atoms with van der Waals surface area (Å²) in [7, 11) is 0. The molecular weight excluding hydrogens is 299 g/mol. The summed E-state index contributed by atoms with van der Waals surface area (Å²) < 4.78 is 0. The maximum absolute atomic E-state index is 10.0. The van der Waals surface area contributed by atoms with Gasteiger partial charge < -0.3 is 9.94 Å². The second-order valence-electron chi connectivity index (χ2n) is 4.27. The minimum Gasteiger partial charge on any atom is -0.506 e. The van der Waals surface area contributed by atoms with E-state index in [4.69, 9.17) is 28.0 Å². The molecule has 0 aliphatic carbocycles. The smallest absolute Gasteiger partial charge is 0.170 e. The zero-order valence-corrected chi connectivity index (χ0v) is 11.7. The number of rotatable bonds is 2. The Morgan fingerprint density at radius 3 is 2.85 bits per heavy atom. The van der Waals surface area contributed by atoms with Crippen LogP contribution in [0.25, 0.3) is 5.76 Å². The highest BCUT2D eigenvalue weighted by Gasteiger charge is 2.24. The lowest BCUT2D eigenvalue weighted by molar-refractivity contribution is 0.160. The number of aromatic hydroxyl groups is 1. The molecule has 0 bridgehead atoms. The van der Waals surface area contributed by atoms with Crippen molar-refractivity contribution in [2.75, 3.05) is 0 Å². The summed E-state index contributed by atoms with van der Waals surface area (Å²) in [6.45, 7) is 0. The Bertz CT molecular complexity index is 674. The highest BCUT2D eigenvalue weighted by atomic mass is 35.5. The van der Waals surface area contributed by atoms with Gasteiger partial charge in [-0.05, 0) is 30.3 Å². The molecule has 1 atom stereocenters. The van der Waals surface area contributed by atoms with E-state index in [1.54, 1.807) is 12.3 Å². The van der Waals surface area contributed by atoms with Crippen LogP contribution >= 0.6 is 23.2 Å². The fourth-order valence-corrected chi connectivity index (χ4v) is 2.48. The quantitative estimate of drug-likeness (QED) is 0.888. The molecule has 1 aliphatic rings. The number of phenols is 1. The first-order chi connectivity index (χ1) is 9.65. The minimum absolute atomic E-state index is 0.0179. The van der Waals surface area contributed by atoms with E-state index < -0.39 is 0 Å². The second-order valence-corrected chi connectivity index (χ2v) is 5.11. The molecule has 1 aromatic carbocycles. The Hall–Kier alpha value is -1.75. The van der Waals surface area contributed by atoms with Crippen LogP contribution in [0.4, 0.5) is 0 Å². The molecule has 4 nitrogen and oxygen atoms in total. The van der Waals surface area contributed by atoms with E-state index in [1.165, 1.54) is 6.07 Å². The summed E-state index contributed by atoms with van der Waals surface area (Å²) in [5, 5.41) is 10.7. The van der Waals surface area contributed by atoms with Gasteiger partial charge in [0.2, 0.25) is 0 Å². The molecule has 20 heavy (non-hydrogen) atoms. The average molecular weight is 309 g/mol. The monoisotopic (exact) mass is 308 g/mol. The lowest BCUT2D eigenvalue weighted by Gasteiger charge is -2.11. The molecule has 1 unspecified atom stereocenters. The fraction of sp³-hybridized carbons (Fsp3) is 0.0714. The van der Waals surface area contributed by atoms with E-state index in [2.05, 4.69) is 10.5 Å². The van der Waals surface area contributed by atoms with Crippen LogP contribution in [-0.4, -0.2) is 10.1 Å². The van der Waals surface area contributed by atoms with Crippen molar-refractivity contribution in [2.24, 2.45) is 0 Å². The van der Waals surface area contributed by atoms with Crippen molar-refractivity contribution in [3.8, 4) is 5.75 Å². The van der Waals surface area contributed by atoms with Crippen LogP contribution in [0.1, 0.15) is 17.3 Å². The summed E-state index contributed by atoms with van der Waals surface area (Å²) in [6, 6.07) is 8.31. The van der Waals surface area contributed by atoms with Crippen LogP contribution in [0, 0.1) is 0 Å².